The molecule has 2 rings (SSSR count). The summed E-state index contributed by atoms with van der Waals surface area (Å²) in [6.45, 7) is -2.54. The molecular weight excluding hydrogens is 438 g/mol. The van der Waals surface area contributed by atoms with E-state index in [1.54, 1.807) is 0 Å². The van der Waals surface area contributed by atoms with Gasteiger partial charge in [0.25, 0.3) is 5.91 Å². The molecule has 0 aliphatic heterocycles. The third-order valence-electron chi connectivity index (χ3n) is 3.47. The Labute approximate surface area is 170 Å². The molecule has 1 aromatic carbocycles. The highest BCUT2D eigenvalue weighted by Crippen LogP contribution is 2.36. The van der Waals surface area contributed by atoms with Crippen LogP contribution in [0, 0.1) is 0 Å². The van der Waals surface area contributed by atoms with Crippen molar-refractivity contribution in [2.45, 2.75) is 12.4 Å². The van der Waals surface area contributed by atoms with Crippen LogP contribution in [0.3, 0.4) is 0 Å². The first-order chi connectivity index (χ1) is 14.3. The molecule has 2 aromatic rings. The Bertz CT molecular complexity index is 941. The zero-order chi connectivity index (χ0) is 23.2. The zero-order valence-corrected chi connectivity index (χ0v) is 15.3. The lowest BCUT2D eigenvalue weighted by Gasteiger charge is -2.16. The molecule has 0 saturated heterocycles. The Hall–Kier alpha value is -3.71. The standard InChI is InChI=1S/C17H14F6N4O4/c18-16(19,20)8-25-15(30)27-13(28)7-24-11-4-3-9(6-10(11)17(21,22)23)26-14(29)12-2-1-5-31-12/h1-6,24H,7-8H2,(H,26,29)(H2,25,27,28,30). The van der Waals surface area contributed by atoms with Crippen molar-refractivity contribution in [2.75, 3.05) is 23.7 Å². The van der Waals surface area contributed by atoms with E-state index in [9.17, 15) is 40.7 Å². The number of urea groups is 1. The number of benzene rings is 1. The number of hydrogen-bond donors (Lipinski definition) is 4. The molecule has 0 aliphatic carbocycles. The second-order valence-electron chi connectivity index (χ2n) is 5.89. The van der Waals surface area contributed by atoms with Gasteiger partial charge in [-0.05, 0) is 30.3 Å². The molecule has 1 heterocycles. The maximum Gasteiger partial charge on any atom is 0.418 e. The summed E-state index contributed by atoms with van der Waals surface area (Å²) in [6, 6.07) is 3.91. The number of carbonyl (C=O) groups is 3. The molecule has 31 heavy (non-hydrogen) atoms. The van der Waals surface area contributed by atoms with Crippen molar-refractivity contribution in [3.05, 3.63) is 47.9 Å². The zero-order valence-electron chi connectivity index (χ0n) is 15.3. The van der Waals surface area contributed by atoms with Gasteiger partial charge in [-0.2, -0.15) is 26.3 Å². The summed E-state index contributed by atoms with van der Waals surface area (Å²) < 4.78 is 80.8. The van der Waals surface area contributed by atoms with Crippen LogP contribution in [0.5, 0.6) is 0 Å². The number of furan rings is 1. The molecule has 0 fully saturated rings. The summed E-state index contributed by atoms with van der Waals surface area (Å²) in [6.07, 6.45) is -8.37. The van der Waals surface area contributed by atoms with Gasteiger partial charge in [0.2, 0.25) is 5.91 Å². The SMILES string of the molecule is O=C(CNc1ccc(NC(=O)c2ccco2)cc1C(F)(F)F)NC(=O)NCC(F)(F)F. The summed E-state index contributed by atoms with van der Waals surface area (Å²) in [7, 11) is 0. The largest absolute Gasteiger partial charge is 0.459 e. The first-order valence-corrected chi connectivity index (χ1v) is 8.29. The van der Waals surface area contributed by atoms with E-state index in [0.29, 0.717) is 6.07 Å². The Kier molecular flexibility index (Phi) is 7.15. The minimum Gasteiger partial charge on any atom is -0.459 e. The van der Waals surface area contributed by atoms with Crippen LogP contribution in [0.2, 0.25) is 0 Å². The highest BCUT2D eigenvalue weighted by Gasteiger charge is 2.34. The Balaban J connectivity index is 2.02. The normalized spacial score (nSPS) is 11.5. The summed E-state index contributed by atoms with van der Waals surface area (Å²) in [5.41, 5.74) is -2.01. The molecule has 168 valence electrons. The van der Waals surface area contributed by atoms with Gasteiger partial charge in [-0.1, -0.05) is 0 Å². The number of anilines is 2. The van der Waals surface area contributed by atoms with Crippen molar-refractivity contribution in [1.82, 2.24) is 10.6 Å². The van der Waals surface area contributed by atoms with Crippen molar-refractivity contribution in [3.63, 3.8) is 0 Å². The van der Waals surface area contributed by atoms with Crippen molar-refractivity contribution >= 4 is 29.2 Å². The van der Waals surface area contributed by atoms with Crippen LogP contribution in [0.1, 0.15) is 16.1 Å². The summed E-state index contributed by atoms with van der Waals surface area (Å²) in [5.74, 6) is -2.10. The maximum absolute atomic E-state index is 13.3. The van der Waals surface area contributed by atoms with Gasteiger partial charge in [0.05, 0.1) is 18.4 Å². The number of rotatable bonds is 6. The number of imide groups is 1. The monoisotopic (exact) mass is 452 g/mol. The summed E-state index contributed by atoms with van der Waals surface area (Å²) in [4.78, 5) is 34.7. The molecule has 4 amide bonds. The first kappa shape index (κ1) is 23.6. The number of alkyl halides is 6. The third kappa shape index (κ3) is 7.56. The minimum atomic E-state index is -4.88. The van der Waals surface area contributed by atoms with E-state index in [1.807, 2.05) is 0 Å². The van der Waals surface area contributed by atoms with E-state index in [0.717, 1.165) is 12.1 Å². The predicted molar refractivity (Wildman–Crippen MR) is 94.2 cm³/mol. The molecule has 0 atom stereocenters. The number of amides is 4. The van der Waals surface area contributed by atoms with Gasteiger partial charge in [-0.25, -0.2) is 4.79 Å². The van der Waals surface area contributed by atoms with E-state index >= 15 is 0 Å². The lowest BCUT2D eigenvalue weighted by atomic mass is 10.1. The second-order valence-corrected chi connectivity index (χ2v) is 5.89. The number of nitrogens with one attached hydrogen (secondary N) is 4. The highest BCUT2D eigenvalue weighted by molar-refractivity contribution is 6.02. The average Bonchev–Trinajstić information content (AvgIpc) is 3.19. The number of carbonyl (C=O) groups excluding carboxylic acids is 3. The van der Waals surface area contributed by atoms with Crippen LogP contribution in [-0.4, -0.2) is 37.1 Å². The molecule has 1 aromatic heterocycles. The molecule has 0 aliphatic rings. The maximum atomic E-state index is 13.3. The first-order valence-electron chi connectivity index (χ1n) is 8.29. The smallest absolute Gasteiger partial charge is 0.418 e. The van der Waals surface area contributed by atoms with E-state index in [1.165, 1.54) is 29.0 Å². The minimum absolute atomic E-state index is 0.128. The summed E-state index contributed by atoms with van der Waals surface area (Å²) >= 11 is 0. The molecule has 0 unspecified atom stereocenters. The van der Waals surface area contributed by atoms with E-state index < -0.39 is 54.5 Å². The number of hydrogen-bond acceptors (Lipinski definition) is 5. The molecular formula is C17H14F6N4O4. The fourth-order valence-electron chi connectivity index (χ4n) is 2.18. The molecule has 0 saturated carbocycles. The topological polar surface area (TPSA) is 112 Å². The van der Waals surface area contributed by atoms with E-state index in [-0.39, 0.29) is 11.4 Å². The van der Waals surface area contributed by atoms with Gasteiger partial charge in [0.1, 0.15) is 6.54 Å². The van der Waals surface area contributed by atoms with Gasteiger partial charge >= 0.3 is 18.4 Å². The lowest BCUT2D eigenvalue weighted by molar-refractivity contribution is -0.137. The quantitative estimate of drug-likeness (QED) is 0.503. The second kappa shape index (κ2) is 9.40. The lowest BCUT2D eigenvalue weighted by Crippen LogP contribution is -2.45. The van der Waals surface area contributed by atoms with Crippen LogP contribution in [0.15, 0.2) is 41.0 Å². The highest BCUT2D eigenvalue weighted by atomic mass is 19.4. The van der Waals surface area contributed by atoms with Crippen LogP contribution in [-0.2, 0) is 11.0 Å². The van der Waals surface area contributed by atoms with Crippen molar-refractivity contribution in [2.24, 2.45) is 0 Å². The fraction of sp³-hybridized carbons (Fsp3) is 0.235. The fourth-order valence-corrected chi connectivity index (χ4v) is 2.18. The Morgan fingerprint density at radius 3 is 2.29 bits per heavy atom. The van der Waals surface area contributed by atoms with Gasteiger partial charge in [-0.3, -0.25) is 14.9 Å². The van der Waals surface area contributed by atoms with Crippen LogP contribution in [0.4, 0.5) is 42.5 Å². The van der Waals surface area contributed by atoms with Crippen LogP contribution < -0.4 is 21.3 Å². The summed E-state index contributed by atoms with van der Waals surface area (Å²) in [5, 5.41) is 7.26. The van der Waals surface area contributed by atoms with Crippen molar-refractivity contribution in [1.29, 1.82) is 0 Å². The molecule has 0 bridgehead atoms. The van der Waals surface area contributed by atoms with Crippen LogP contribution >= 0.6 is 0 Å². The van der Waals surface area contributed by atoms with Crippen molar-refractivity contribution in [3.8, 4) is 0 Å². The molecule has 14 heteroatoms. The molecule has 0 spiro atoms. The van der Waals surface area contributed by atoms with Gasteiger partial charge in [0.15, 0.2) is 5.76 Å². The van der Waals surface area contributed by atoms with Crippen LogP contribution in [0.25, 0.3) is 0 Å². The average molecular weight is 452 g/mol. The molecule has 8 nitrogen and oxygen atoms in total. The van der Waals surface area contributed by atoms with E-state index in [4.69, 9.17) is 4.42 Å². The van der Waals surface area contributed by atoms with Gasteiger partial charge in [0, 0.05) is 11.4 Å². The number of halogens is 6. The van der Waals surface area contributed by atoms with Gasteiger partial charge in [-0.15, -0.1) is 0 Å². The van der Waals surface area contributed by atoms with Crippen molar-refractivity contribution < 1.29 is 45.1 Å². The third-order valence-corrected chi connectivity index (χ3v) is 3.47. The Morgan fingerprint density at radius 2 is 1.71 bits per heavy atom. The van der Waals surface area contributed by atoms with Gasteiger partial charge < -0.3 is 20.4 Å². The van der Waals surface area contributed by atoms with E-state index in [2.05, 4.69) is 10.6 Å². The molecule has 4 N–H and O–H groups in total. The Morgan fingerprint density at radius 1 is 1.00 bits per heavy atom. The molecule has 0 radical (unpaired) electrons. The predicted octanol–water partition coefficient (Wildman–Crippen LogP) is 3.35.